The molecule has 0 bridgehead atoms. The highest BCUT2D eigenvalue weighted by atomic mass is 16.6. The number of nitrogens with zero attached hydrogens (tertiary/aromatic N) is 1. The molecule has 2 saturated heterocycles. The Morgan fingerprint density at radius 3 is 2.68 bits per heavy atom. The number of amides is 2. The van der Waals surface area contributed by atoms with E-state index in [9.17, 15) is 9.59 Å². The Morgan fingerprint density at radius 1 is 1.47 bits per heavy atom. The van der Waals surface area contributed by atoms with Crippen LogP contribution in [0.4, 0.5) is 4.79 Å². The lowest BCUT2D eigenvalue weighted by Gasteiger charge is -2.35. The molecule has 0 aromatic heterocycles. The first-order chi connectivity index (χ1) is 8.60. The minimum Gasteiger partial charge on any atom is -0.444 e. The summed E-state index contributed by atoms with van der Waals surface area (Å²) in [6.45, 7) is 9.53. The van der Waals surface area contributed by atoms with Crippen molar-refractivity contribution >= 4 is 12.0 Å². The van der Waals surface area contributed by atoms with E-state index in [1.807, 2.05) is 34.6 Å². The fraction of sp³-hybridized carbons (Fsp3) is 0.846. The molecule has 2 unspecified atom stereocenters. The van der Waals surface area contributed by atoms with E-state index in [1.165, 1.54) is 0 Å². The Bertz CT molecular complexity index is 400. The molecular formula is C13H22N2O4. The average molecular weight is 270 g/mol. The highest BCUT2D eigenvalue weighted by molar-refractivity contribution is 5.78. The molecule has 1 N–H and O–H groups in total. The predicted octanol–water partition coefficient (Wildman–Crippen LogP) is 1.25. The summed E-state index contributed by atoms with van der Waals surface area (Å²) < 4.78 is 11.3. The van der Waals surface area contributed by atoms with Gasteiger partial charge in [-0.1, -0.05) is 0 Å². The summed E-state index contributed by atoms with van der Waals surface area (Å²) in [5.74, 6) is -0.0388. The van der Waals surface area contributed by atoms with E-state index in [0.29, 0.717) is 6.54 Å². The monoisotopic (exact) mass is 270 g/mol. The molecule has 2 aliphatic rings. The molecule has 0 radical (unpaired) electrons. The molecule has 2 amide bonds. The van der Waals surface area contributed by atoms with Crippen molar-refractivity contribution in [1.29, 1.82) is 0 Å². The van der Waals surface area contributed by atoms with Crippen LogP contribution >= 0.6 is 0 Å². The van der Waals surface area contributed by atoms with Crippen LogP contribution in [0.15, 0.2) is 0 Å². The Balaban J connectivity index is 2.18. The van der Waals surface area contributed by atoms with Gasteiger partial charge in [0, 0.05) is 6.54 Å². The van der Waals surface area contributed by atoms with Crippen LogP contribution in [-0.4, -0.2) is 46.9 Å². The first-order valence-corrected chi connectivity index (χ1v) is 6.57. The smallest absolute Gasteiger partial charge is 0.412 e. The van der Waals surface area contributed by atoms with E-state index in [1.54, 1.807) is 4.90 Å². The second-order valence-corrected chi connectivity index (χ2v) is 6.53. The van der Waals surface area contributed by atoms with Crippen LogP contribution < -0.4 is 5.32 Å². The van der Waals surface area contributed by atoms with Crippen LogP contribution in [0.2, 0.25) is 0 Å². The Hall–Kier alpha value is -1.30. The summed E-state index contributed by atoms with van der Waals surface area (Å²) in [4.78, 5) is 25.3. The zero-order valence-electron chi connectivity index (χ0n) is 12.1. The summed E-state index contributed by atoms with van der Waals surface area (Å²) in [6.07, 6.45) is -0.370. The number of carbonyl (C=O) groups excluding carboxylic acids is 2. The summed E-state index contributed by atoms with van der Waals surface area (Å²) in [7, 11) is 0. The van der Waals surface area contributed by atoms with Crippen molar-refractivity contribution in [3.8, 4) is 0 Å². The molecule has 0 saturated carbocycles. The standard InChI is InChI=1S/C13H22N2O4/c1-12(2,3)19-11(17)15-8-7-14-10(16)6-9(8)18-13(15,4)5/h8-9H,6-7H2,1-5H3,(H,14,16). The third kappa shape index (κ3) is 2.83. The number of ether oxygens (including phenoxy) is 2. The largest absolute Gasteiger partial charge is 0.444 e. The van der Waals surface area contributed by atoms with Gasteiger partial charge in [-0.05, 0) is 34.6 Å². The number of carbonyl (C=O) groups is 2. The van der Waals surface area contributed by atoms with E-state index >= 15 is 0 Å². The van der Waals surface area contributed by atoms with Crippen molar-refractivity contribution in [2.24, 2.45) is 0 Å². The van der Waals surface area contributed by atoms with Gasteiger partial charge in [0.25, 0.3) is 0 Å². The van der Waals surface area contributed by atoms with Gasteiger partial charge in [-0.15, -0.1) is 0 Å². The highest BCUT2D eigenvalue weighted by Crippen LogP contribution is 2.36. The van der Waals surface area contributed by atoms with E-state index in [0.717, 1.165) is 0 Å². The predicted molar refractivity (Wildman–Crippen MR) is 68.4 cm³/mol. The Kier molecular flexibility index (Phi) is 3.24. The maximum Gasteiger partial charge on any atom is 0.412 e. The number of hydrogen-bond acceptors (Lipinski definition) is 4. The van der Waals surface area contributed by atoms with Crippen molar-refractivity contribution in [2.75, 3.05) is 6.54 Å². The zero-order valence-corrected chi connectivity index (χ0v) is 12.1. The fourth-order valence-corrected chi connectivity index (χ4v) is 2.61. The number of fused-ring (bicyclic) bond motifs is 1. The summed E-state index contributed by atoms with van der Waals surface area (Å²) >= 11 is 0. The van der Waals surface area contributed by atoms with Crippen LogP contribution in [0.5, 0.6) is 0 Å². The zero-order chi connectivity index (χ0) is 14.4. The summed E-state index contributed by atoms with van der Waals surface area (Å²) in [6, 6.07) is -0.164. The van der Waals surface area contributed by atoms with Crippen molar-refractivity contribution in [3.63, 3.8) is 0 Å². The van der Waals surface area contributed by atoms with Crippen LogP contribution in [0.1, 0.15) is 41.0 Å². The van der Waals surface area contributed by atoms with Crippen molar-refractivity contribution in [3.05, 3.63) is 0 Å². The molecule has 6 nitrogen and oxygen atoms in total. The maximum absolute atomic E-state index is 12.3. The van der Waals surface area contributed by atoms with Gasteiger partial charge in [-0.25, -0.2) is 4.79 Å². The first kappa shape index (κ1) is 14.1. The molecule has 0 aromatic carbocycles. The lowest BCUT2D eigenvalue weighted by molar-refractivity contribution is -0.127. The second-order valence-electron chi connectivity index (χ2n) is 6.53. The van der Waals surface area contributed by atoms with Gasteiger partial charge in [-0.3, -0.25) is 9.69 Å². The average Bonchev–Trinajstić information content (AvgIpc) is 2.43. The molecular weight excluding hydrogens is 248 g/mol. The van der Waals surface area contributed by atoms with Gasteiger partial charge >= 0.3 is 6.09 Å². The van der Waals surface area contributed by atoms with Gasteiger partial charge in [0.05, 0.1) is 18.6 Å². The SMILES string of the molecule is CC(C)(C)OC(=O)N1C2CNC(=O)CC2OC1(C)C. The topological polar surface area (TPSA) is 67.9 Å². The van der Waals surface area contributed by atoms with Crippen molar-refractivity contribution in [2.45, 2.75) is 64.5 Å². The van der Waals surface area contributed by atoms with Gasteiger partial charge in [0.15, 0.2) is 0 Å². The molecule has 0 aliphatic carbocycles. The van der Waals surface area contributed by atoms with Crippen molar-refractivity contribution in [1.82, 2.24) is 10.2 Å². The molecule has 0 aromatic rings. The van der Waals surface area contributed by atoms with E-state index < -0.39 is 17.4 Å². The van der Waals surface area contributed by atoms with Crippen molar-refractivity contribution < 1.29 is 19.1 Å². The molecule has 0 spiro atoms. The van der Waals surface area contributed by atoms with Gasteiger partial charge in [0.2, 0.25) is 5.91 Å². The van der Waals surface area contributed by atoms with E-state index in [2.05, 4.69) is 5.32 Å². The van der Waals surface area contributed by atoms with Crippen LogP contribution in [0.3, 0.4) is 0 Å². The molecule has 108 valence electrons. The molecule has 2 rings (SSSR count). The minimum atomic E-state index is -0.760. The number of hydrogen-bond donors (Lipinski definition) is 1. The minimum absolute atomic E-state index is 0.0388. The van der Waals surface area contributed by atoms with Crippen LogP contribution in [-0.2, 0) is 14.3 Å². The lowest BCUT2D eigenvalue weighted by atomic mass is 10.0. The van der Waals surface area contributed by atoms with Crippen LogP contribution in [0, 0.1) is 0 Å². The Morgan fingerprint density at radius 2 is 2.11 bits per heavy atom. The molecule has 2 aliphatic heterocycles. The second kappa shape index (κ2) is 4.37. The molecule has 19 heavy (non-hydrogen) atoms. The van der Waals surface area contributed by atoms with E-state index in [-0.39, 0.29) is 24.5 Å². The number of rotatable bonds is 0. The van der Waals surface area contributed by atoms with E-state index in [4.69, 9.17) is 9.47 Å². The molecule has 2 atom stereocenters. The number of piperidine rings is 1. The van der Waals surface area contributed by atoms with Crippen LogP contribution in [0.25, 0.3) is 0 Å². The first-order valence-electron chi connectivity index (χ1n) is 6.57. The maximum atomic E-state index is 12.3. The third-order valence-electron chi connectivity index (χ3n) is 3.27. The summed E-state index contributed by atoms with van der Waals surface area (Å²) in [5, 5.41) is 2.77. The molecule has 2 fully saturated rings. The number of nitrogens with one attached hydrogen (secondary N) is 1. The Labute approximate surface area is 113 Å². The third-order valence-corrected chi connectivity index (χ3v) is 3.27. The van der Waals surface area contributed by atoms with Gasteiger partial charge in [0.1, 0.15) is 11.3 Å². The normalized spacial score (nSPS) is 29.7. The van der Waals surface area contributed by atoms with Gasteiger partial charge in [-0.2, -0.15) is 0 Å². The summed E-state index contributed by atoms with van der Waals surface area (Å²) in [5.41, 5.74) is -1.31. The highest BCUT2D eigenvalue weighted by Gasteiger charge is 2.53. The lowest BCUT2D eigenvalue weighted by Crippen LogP contribution is -2.56. The van der Waals surface area contributed by atoms with Gasteiger partial charge < -0.3 is 14.8 Å². The molecule has 2 heterocycles. The molecule has 6 heteroatoms. The quantitative estimate of drug-likeness (QED) is 0.719. The fourth-order valence-electron chi connectivity index (χ4n) is 2.61.